The van der Waals surface area contributed by atoms with Gasteiger partial charge in [0.15, 0.2) is 0 Å². The van der Waals surface area contributed by atoms with Gasteiger partial charge in [-0.2, -0.15) is 0 Å². The summed E-state index contributed by atoms with van der Waals surface area (Å²) >= 11 is 0. The molecule has 5 nitrogen and oxygen atoms in total. The lowest BCUT2D eigenvalue weighted by Gasteiger charge is -2.16. The maximum absolute atomic E-state index is 13.6. The molecule has 1 fully saturated rings. The Balaban J connectivity index is 0.00000240. The van der Waals surface area contributed by atoms with E-state index in [1.807, 2.05) is 17.0 Å². The van der Waals surface area contributed by atoms with E-state index < -0.39 is 0 Å². The van der Waals surface area contributed by atoms with E-state index in [0.29, 0.717) is 32.0 Å². The number of ether oxygens (including phenoxy) is 1. The molecule has 1 amide bonds. The zero-order valence-electron chi connectivity index (χ0n) is 16.7. The number of halogens is 2. The Morgan fingerprint density at radius 1 is 1.24 bits per heavy atom. The summed E-state index contributed by atoms with van der Waals surface area (Å²) in [6.07, 6.45) is 3.29. The Bertz CT molecular complexity index is 1030. The molecule has 154 valence electrons. The average Bonchev–Trinajstić information content (AvgIpc) is 3.19. The molecule has 1 aliphatic heterocycles. The van der Waals surface area contributed by atoms with Gasteiger partial charge in [0.2, 0.25) is 11.8 Å². The molecular weight excluding hydrogens is 393 g/mol. The second-order valence-corrected chi connectivity index (χ2v) is 7.27. The molecule has 0 radical (unpaired) electrons. The number of rotatable bonds is 6. The number of carbonyl (C=O) groups is 1. The molecule has 0 aliphatic carbocycles. The predicted molar refractivity (Wildman–Crippen MR) is 113 cm³/mol. The standard InChI is InChI=1S/C22H24FN3O2.ClH/c1-15-16(2)26(14-17-5-3-6-18(23)13-17)21-19(15)8-9-24-22(21)28-12-11-25-10-4-7-20(25)27;/h3,5-6,8-9,13H,4,7,10-12,14H2,1-2H3;1H. The van der Waals surface area contributed by atoms with Crippen LogP contribution in [0, 0.1) is 19.7 Å². The highest BCUT2D eigenvalue weighted by atomic mass is 35.5. The molecule has 0 unspecified atom stereocenters. The second kappa shape index (κ2) is 8.82. The van der Waals surface area contributed by atoms with Crippen molar-refractivity contribution in [2.24, 2.45) is 0 Å². The topological polar surface area (TPSA) is 47.4 Å². The van der Waals surface area contributed by atoms with Gasteiger partial charge in [-0.3, -0.25) is 4.79 Å². The monoisotopic (exact) mass is 417 g/mol. The van der Waals surface area contributed by atoms with Gasteiger partial charge in [-0.15, -0.1) is 12.4 Å². The summed E-state index contributed by atoms with van der Waals surface area (Å²) < 4.78 is 21.8. The van der Waals surface area contributed by atoms with Crippen molar-refractivity contribution in [2.45, 2.75) is 33.2 Å². The number of benzene rings is 1. The van der Waals surface area contributed by atoms with Crippen molar-refractivity contribution in [3.8, 4) is 5.88 Å². The van der Waals surface area contributed by atoms with Gasteiger partial charge in [-0.05, 0) is 49.6 Å². The molecule has 29 heavy (non-hydrogen) atoms. The minimum absolute atomic E-state index is 0. The number of aromatic nitrogens is 2. The van der Waals surface area contributed by atoms with Crippen LogP contribution in [0.3, 0.4) is 0 Å². The minimum atomic E-state index is -0.242. The van der Waals surface area contributed by atoms with Crippen molar-refractivity contribution in [2.75, 3.05) is 19.7 Å². The third kappa shape index (κ3) is 4.22. The lowest BCUT2D eigenvalue weighted by Crippen LogP contribution is -2.29. The van der Waals surface area contributed by atoms with E-state index in [-0.39, 0.29) is 24.1 Å². The van der Waals surface area contributed by atoms with Crippen LogP contribution in [-0.4, -0.2) is 40.1 Å². The van der Waals surface area contributed by atoms with Crippen LogP contribution >= 0.6 is 12.4 Å². The first kappa shape index (κ1) is 21.1. The third-order valence-electron chi connectivity index (χ3n) is 5.51. The van der Waals surface area contributed by atoms with Gasteiger partial charge in [0.25, 0.3) is 0 Å². The van der Waals surface area contributed by atoms with E-state index in [1.54, 1.807) is 18.3 Å². The van der Waals surface area contributed by atoms with Crippen LogP contribution in [0.2, 0.25) is 0 Å². The summed E-state index contributed by atoms with van der Waals surface area (Å²) in [7, 11) is 0. The molecule has 2 aromatic heterocycles. The van der Waals surface area contributed by atoms with Gasteiger partial charge in [0.1, 0.15) is 17.9 Å². The molecule has 1 saturated heterocycles. The fraction of sp³-hybridized carbons (Fsp3) is 0.364. The predicted octanol–water partition coefficient (Wildman–Crippen LogP) is 4.26. The highest BCUT2D eigenvalue weighted by Gasteiger charge is 2.21. The fourth-order valence-corrected chi connectivity index (χ4v) is 3.88. The lowest BCUT2D eigenvalue weighted by atomic mass is 10.2. The zero-order chi connectivity index (χ0) is 19.7. The smallest absolute Gasteiger partial charge is 0.238 e. The molecule has 0 spiro atoms. The second-order valence-electron chi connectivity index (χ2n) is 7.27. The molecule has 1 aromatic carbocycles. The largest absolute Gasteiger partial charge is 0.474 e. The summed E-state index contributed by atoms with van der Waals surface area (Å²) in [5, 5.41) is 1.08. The highest BCUT2D eigenvalue weighted by molar-refractivity contribution is 5.89. The maximum Gasteiger partial charge on any atom is 0.238 e. The molecular formula is C22H25ClFN3O2. The van der Waals surface area contributed by atoms with Crippen molar-refractivity contribution in [3.63, 3.8) is 0 Å². The van der Waals surface area contributed by atoms with E-state index >= 15 is 0 Å². The Kier molecular flexibility index (Phi) is 6.42. The lowest BCUT2D eigenvalue weighted by molar-refractivity contribution is -0.128. The number of carbonyl (C=O) groups excluding carboxylic acids is 1. The van der Waals surface area contributed by atoms with E-state index in [1.165, 1.54) is 6.07 Å². The average molecular weight is 418 g/mol. The van der Waals surface area contributed by atoms with Gasteiger partial charge in [-0.1, -0.05) is 12.1 Å². The quantitative estimate of drug-likeness (QED) is 0.602. The molecule has 3 heterocycles. The molecule has 7 heteroatoms. The summed E-state index contributed by atoms with van der Waals surface area (Å²) in [6, 6.07) is 8.62. The summed E-state index contributed by atoms with van der Waals surface area (Å²) in [5.74, 6) is 0.501. The van der Waals surface area contributed by atoms with Crippen LogP contribution in [0.5, 0.6) is 5.88 Å². The van der Waals surface area contributed by atoms with Crippen LogP contribution in [0.25, 0.3) is 10.9 Å². The molecule has 0 N–H and O–H groups in total. The Labute approximate surface area is 175 Å². The van der Waals surface area contributed by atoms with Gasteiger partial charge >= 0.3 is 0 Å². The molecule has 4 rings (SSSR count). The SMILES string of the molecule is Cc1c(C)n(Cc2cccc(F)c2)c2c(OCCN3CCCC3=O)nccc12.Cl. The number of nitrogens with zero attached hydrogens (tertiary/aromatic N) is 3. The normalized spacial score (nSPS) is 13.8. The van der Waals surface area contributed by atoms with E-state index in [9.17, 15) is 9.18 Å². The van der Waals surface area contributed by atoms with Crippen molar-refractivity contribution >= 4 is 29.2 Å². The molecule has 3 aromatic rings. The minimum Gasteiger partial charge on any atom is -0.474 e. The van der Waals surface area contributed by atoms with Crippen LogP contribution in [0.4, 0.5) is 4.39 Å². The fourth-order valence-electron chi connectivity index (χ4n) is 3.88. The number of pyridine rings is 1. The molecule has 0 atom stereocenters. The van der Waals surface area contributed by atoms with E-state index in [2.05, 4.69) is 23.4 Å². The first-order valence-corrected chi connectivity index (χ1v) is 9.64. The highest BCUT2D eigenvalue weighted by Crippen LogP contribution is 2.31. The Hall–Kier alpha value is -2.60. The molecule has 0 bridgehead atoms. The van der Waals surface area contributed by atoms with E-state index in [4.69, 9.17) is 4.74 Å². The third-order valence-corrected chi connectivity index (χ3v) is 5.51. The zero-order valence-corrected chi connectivity index (χ0v) is 17.5. The van der Waals surface area contributed by atoms with Gasteiger partial charge in [0.05, 0.1) is 6.54 Å². The molecule has 0 saturated carbocycles. The van der Waals surface area contributed by atoms with Gasteiger partial charge in [-0.25, -0.2) is 9.37 Å². The summed E-state index contributed by atoms with van der Waals surface area (Å²) in [5.41, 5.74) is 4.06. The van der Waals surface area contributed by atoms with Crippen molar-refractivity contribution in [3.05, 3.63) is 59.2 Å². The van der Waals surface area contributed by atoms with Gasteiger partial charge in [0, 0.05) is 36.8 Å². The molecule has 1 aliphatic rings. The number of fused-ring (bicyclic) bond motifs is 1. The maximum atomic E-state index is 13.6. The summed E-state index contributed by atoms with van der Waals surface area (Å²) in [4.78, 5) is 18.1. The number of aryl methyl sites for hydroxylation is 1. The summed E-state index contributed by atoms with van der Waals surface area (Å²) in [6.45, 7) is 6.45. The van der Waals surface area contributed by atoms with Crippen LogP contribution in [-0.2, 0) is 11.3 Å². The van der Waals surface area contributed by atoms with Crippen molar-refractivity contribution in [1.29, 1.82) is 0 Å². The van der Waals surface area contributed by atoms with Crippen LogP contribution in [0.1, 0.15) is 29.7 Å². The first-order valence-electron chi connectivity index (χ1n) is 9.64. The number of likely N-dealkylation sites (tertiary alicyclic amines) is 1. The van der Waals surface area contributed by atoms with Crippen molar-refractivity contribution < 1.29 is 13.9 Å². The van der Waals surface area contributed by atoms with Crippen molar-refractivity contribution in [1.82, 2.24) is 14.5 Å². The van der Waals surface area contributed by atoms with E-state index in [0.717, 1.165) is 40.7 Å². The Morgan fingerprint density at radius 3 is 2.79 bits per heavy atom. The van der Waals surface area contributed by atoms with Crippen LogP contribution in [0.15, 0.2) is 36.5 Å². The number of amides is 1. The Morgan fingerprint density at radius 2 is 2.07 bits per heavy atom. The first-order chi connectivity index (χ1) is 13.5. The number of hydrogen-bond donors (Lipinski definition) is 0. The number of hydrogen-bond acceptors (Lipinski definition) is 3. The van der Waals surface area contributed by atoms with Crippen LogP contribution < -0.4 is 4.74 Å². The van der Waals surface area contributed by atoms with Gasteiger partial charge < -0.3 is 14.2 Å².